The normalized spacial score (nSPS) is 11.4. The molecule has 0 radical (unpaired) electrons. The minimum absolute atomic E-state index is 0.624. The molecular formula is C37H23N3O. The third-order valence-electron chi connectivity index (χ3n) is 7.52. The largest absolute Gasteiger partial charge is 0.456 e. The van der Waals surface area contributed by atoms with Gasteiger partial charge >= 0.3 is 0 Å². The van der Waals surface area contributed by atoms with E-state index in [1.54, 1.807) is 0 Å². The van der Waals surface area contributed by atoms with E-state index >= 15 is 0 Å². The van der Waals surface area contributed by atoms with Crippen LogP contribution in [0, 0.1) is 0 Å². The van der Waals surface area contributed by atoms with Crippen molar-refractivity contribution in [1.29, 1.82) is 0 Å². The number of hydrogen-bond donors (Lipinski definition) is 0. The molecule has 0 aliphatic carbocycles. The zero-order chi connectivity index (χ0) is 27.2. The SMILES string of the molecule is c1ccc(-c2nc(-c3ccccc3)nc(-c3ccc4oc5cc(-c6ccccc6)c6ccccc6c5c4c3)n2)cc1. The van der Waals surface area contributed by atoms with Gasteiger partial charge in [-0.25, -0.2) is 15.0 Å². The Morgan fingerprint density at radius 3 is 1.49 bits per heavy atom. The second-order valence-corrected chi connectivity index (χ2v) is 10.1. The molecule has 0 bridgehead atoms. The van der Waals surface area contributed by atoms with E-state index in [4.69, 9.17) is 19.4 Å². The topological polar surface area (TPSA) is 51.8 Å². The summed E-state index contributed by atoms with van der Waals surface area (Å²) in [5, 5.41) is 4.48. The fourth-order valence-corrected chi connectivity index (χ4v) is 5.57. The van der Waals surface area contributed by atoms with Gasteiger partial charge in [0.2, 0.25) is 0 Å². The number of aromatic nitrogens is 3. The molecule has 2 heterocycles. The molecule has 0 saturated carbocycles. The van der Waals surface area contributed by atoms with E-state index in [1.807, 2.05) is 78.9 Å². The van der Waals surface area contributed by atoms with Crippen LogP contribution >= 0.6 is 0 Å². The summed E-state index contributed by atoms with van der Waals surface area (Å²) in [5.41, 5.74) is 6.82. The first-order valence-corrected chi connectivity index (χ1v) is 13.6. The van der Waals surface area contributed by atoms with Gasteiger partial charge in [-0.3, -0.25) is 0 Å². The number of hydrogen-bond acceptors (Lipinski definition) is 4. The maximum atomic E-state index is 6.45. The number of nitrogens with zero attached hydrogens (tertiary/aromatic N) is 3. The van der Waals surface area contributed by atoms with Crippen LogP contribution < -0.4 is 0 Å². The first-order chi connectivity index (χ1) is 20.3. The van der Waals surface area contributed by atoms with Crippen LogP contribution in [0.4, 0.5) is 0 Å². The van der Waals surface area contributed by atoms with Crippen LogP contribution in [-0.2, 0) is 0 Å². The molecule has 0 fully saturated rings. The van der Waals surface area contributed by atoms with Crippen LogP contribution in [0.5, 0.6) is 0 Å². The predicted octanol–water partition coefficient (Wildman–Crippen LogP) is 9.59. The maximum absolute atomic E-state index is 6.45. The Balaban J connectivity index is 1.36. The van der Waals surface area contributed by atoms with Gasteiger partial charge in [0.25, 0.3) is 0 Å². The van der Waals surface area contributed by atoms with Crippen molar-refractivity contribution >= 4 is 32.7 Å². The molecular weight excluding hydrogens is 502 g/mol. The summed E-state index contributed by atoms with van der Waals surface area (Å²) in [6.45, 7) is 0. The van der Waals surface area contributed by atoms with E-state index in [-0.39, 0.29) is 0 Å². The zero-order valence-corrected chi connectivity index (χ0v) is 22.0. The van der Waals surface area contributed by atoms with Crippen molar-refractivity contribution in [3.05, 3.63) is 140 Å². The molecule has 41 heavy (non-hydrogen) atoms. The van der Waals surface area contributed by atoms with Crippen LogP contribution in [0.3, 0.4) is 0 Å². The molecule has 8 rings (SSSR count). The summed E-state index contributed by atoms with van der Waals surface area (Å²) in [4.78, 5) is 14.7. The lowest BCUT2D eigenvalue weighted by atomic mass is 9.95. The Bertz CT molecular complexity index is 2130. The van der Waals surface area contributed by atoms with Crippen molar-refractivity contribution in [1.82, 2.24) is 15.0 Å². The average molecular weight is 526 g/mol. The highest BCUT2D eigenvalue weighted by atomic mass is 16.3. The molecule has 0 unspecified atom stereocenters. The molecule has 0 N–H and O–H groups in total. The van der Waals surface area contributed by atoms with E-state index in [9.17, 15) is 0 Å². The van der Waals surface area contributed by atoms with E-state index in [0.29, 0.717) is 17.5 Å². The van der Waals surface area contributed by atoms with Gasteiger partial charge in [-0.15, -0.1) is 0 Å². The van der Waals surface area contributed by atoms with E-state index in [2.05, 4.69) is 60.7 Å². The molecule has 0 atom stereocenters. The van der Waals surface area contributed by atoms with Crippen molar-refractivity contribution in [2.75, 3.05) is 0 Å². The molecule has 4 heteroatoms. The van der Waals surface area contributed by atoms with Gasteiger partial charge < -0.3 is 4.42 Å². The van der Waals surface area contributed by atoms with Gasteiger partial charge in [-0.2, -0.15) is 0 Å². The van der Waals surface area contributed by atoms with Crippen molar-refractivity contribution in [2.45, 2.75) is 0 Å². The smallest absolute Gasteiger partial charge is 0.164 e. The Morgan fingerprint density at radius 1 is 0.366 bits per heavy atom. The zero-order valence-electron chi connectivity index (χ0n) is 22.0. The Hall–Kier alpha value is -5.61. The number of furan rings is 1. The van der Waals surface area contributed by atoms with Gasteiger partial charge in [-0.1, -0.05) is 115 Å². The van der Waals surface area contributed by atoms with Crippen molar-refractivity contribution < 1.29 is 4.42 Å². The molecule has 0 aliphatic rings. The summed E-state index contributed by atoms with van der Waals surface area (Å²) in [7, 11) is 0. The van der Waals surface area contributed by atoms with Gasteiger partial charge in [-0.05, 0) is 46.2 Å². The standard InChI is InChI=1S/C37H23N3O/c1-4-12-24(13-5-1)30-23-33-34(29-19-11-10-18-28(29)30)31-22-27(20-21-32(31)41-33)37-39-35(25-14-6-2-7-15-25)38-36(40-37)26-16-8-3-9-17-26/h1-23H. The minimum atomic E-state index is 0.624. The summed E-state index contributed by atoms with van der Waals surface area (Å²) >= 11 is 0. The molecule has 0 aliphatic heterocycles. The first kappa shape index (κ1) is 23.3. The van der Waals surface area contributed by atoms with Gasteiger partial charge in [0.1, 0.15) is 11.2 Å². The van der Waals surface area contributed by atoms with Gasteiger partial charge in [0.15, 0.2) is 17.5 Å². The summed E-state index contributed by atoms with van der Waals surface area (Å²) in [6.07, 6.45) is 0. The highest BCUT2D eigenvalue weighted by Crippen LogP contribution is 2.41. The number of rotatable bonds is 4. The lowest BCUT2D eigenvalue weighted by Crippen LogP contribution is -2.00. The number of fused-ring (bicyclic) bond motifs is 5. The number of benzene rings is 6. The fourth-order valence-electron chi connectivity index (χ4n) is 5.57. The first-order valence-electron chi connectivity index (χ1n) is 13.6. The van der Waals surface area contributed by atoms with Gasteiger partial charge in [0, 0.05) is 27.5 Å². The van der Waals surface area contributed by atoms with Crippen molar-refractivity contribution in [2.24, 2.45) is 0 Å². The second-order valence-electron chi connectivity index (χ2n) is 10.1. The Labute approximate surface area is 236 Å². The van der Waals surface area contributed by atoms with Crippen LogP contribution in [0.25, 0.3) is 78.0 Å². The Morgan fingerprint density at radius 2 is 0.878 bits per heavy atom. The van der Waals surface area contributed by atoms with E-state index < -0.39 is 0 Å². The maximum Gasteiger partial charge on any atom is 0.164 e. The molecule has 0 saturated heterocycles. The molecule has 192 valence electrons. The second kappa shape index (κ2) is 9.54. The monoisotopic (exact) mass is 525 g/mol. The highest BCUT2D eigenvalue weighted by molar-refractivity contribution is 6.22. The van der Waals surface area contributed by atoms with Crippen LogP contribution in [0.1, 0.15) is 0 Å². The van der Waals surface area contributed by atoms with Crippen molar-refractivity contribution in [3.8, 4) is 45.3 Å². The van der Waals surface area contributed by atoms with E-state index in [0.717, 1.165) is 49.6 Å². The summed E-state index contributed by atoms with van der Waals surface area (Å²) < 4.78 is 6.45. The average Bonchev–Trinajstić information content (AvgIpc) is 3.43. The summed E-state index contributed by atoms with van der Waals surface area (Å²) in [6, 6.07) is 47.5. The van der Waals surface area contributed by atoms with E-state index in [1.165, 1.54) is 10.9 Å². The third-order valence-corrected chi connectivity index (χ3v) is 7.52. The minimum Gasteiger partial charge on any atom is -0.456 e. The molecule has 0 amide bonds. The fraction of sp³-hybridized carbons (Fsp3) is 0. The van der Waals surface area contributed by atoms with Crippen LogP contribution in [0.15, 0.2) is 144 Å². The molecule has 4 nitrogen and oxygen atoms in total. The highest BCUT2D eigenvalue weighted by Gasteiger charge is 2.17. The predicted molar refractivity (Wildman–Crippen MR) is 166 cm³/mol. The van der Waals surface area contributed by atoms with Crippen LogP contribution in [-0.4, -0.2) is 15.0 Å². The van der Waals surface area contributed by atoms with Crippen LogP contribution in [0.2, 0.25) is 0 Å². The van der Waals surface area contributed by atoms with Gasteiger partial charge in [0.05, 0.1) is 0 Å². The quantitative estimate of drug-likeness (QED) is 0.230. The Kier molecular flexibility index (Phi) is 5.42. The molecule has 6 aromatic carbocycles. The van der Waals surface area contributed by atoms with Crippen molar-refractivity contribution in [3.63, 3.8) is 0 Å². The summed E-state index contributed by atoms with van der Waals surface area (Å²) in [5.74, 6) is 1.91. The third kappa shape index (κ3) is 4.05. The lowest BCUT2D eigenvalue weighted by molar-refractivity contribution is 0.669. The molecule has 0 spiro atoms. The lowest BCUT2D eigenvalue weighted by Gasteiger charge is -2.09. The molecule has 2 aromatic heterocycles. The molecule has 8 aromatic rings.